The van der Waals surface area contributed by atoms with Crippen molar-refractivity contribution in [3.05, 3.63) is 60.2 Å². The van der Waals surface area contributed by atoms with Crippen LogP contribution in [0.1, 0.15) is 24.8 Å². The summed E-state index contributed by atoms with van der Waals surface area (Å²) < 4.78 is 32.7. The molecule has 7 nitrogen and oxygen atoms in total. The van der Waals surface area contributed by atoms with E-state index in [1.165, 1.54) is 29.1 Å². The lowest BCUT2D eigenvalue weighted by molar-refractivity contribution is -0.124. The number of carbonyl (C=O) groups is 1. The van der Waals surface area contributed by atoms with Crippen LogP contribution in [0.15, 0.2) is 59.5 Å². The molecule has 0 aliphatic carbocycles. The molecule has 1 amide bonds. The van der Waals surface area contributed by atoms with Gasteiger partial charge in [-0.05, 0) is 49.1 Å². The van der Waals surface area contributed by atoms with Crippen LogP contribution in [0.2, 0.25) is 0 Å². The van der Waals surface area contributed by atoms with E-state index < -0.39 is 16.1 Å². The summed E-state index contributed by atoms with van der Waals surface area (Å²) in [5.74, 6) is 0.400. The molecule has 2 aliphatic rings. The quantitative estimate of drug-likeness (QED) is 0.710. The fourth-order valence-electron chi connectivity index (χ4n) is 4.41. The van der Waals surface area contributed by atoms with Crippen molar-refractivity contribution < 1.29 is 17.9 Å². The van der Waals surface area contributed by atoms with E-state index in [-0.39, 0.29) is 16.8 Å². The first-order valence-corrected chi connectivity index (χ1v) is 12.1. The Hall–Kier alpha value is -2.42. The molecule has 166 valence electrons. The minimum Gasteiger partial charge on any atom is -0.497 e. The molecule has 2 saturated heterocycles. The van der Waals surface area contributed by atoms with Crippen molar-refractivity contribution >= 4 is 15.9 Å². The first-order chi connectivity index (χ1) is 15.0. The highest BCUT2D eigenvalue weighted by Gasteiger charge is 2.40. The Labute approximate surface area is 184 Å². The minimum absolute atomic E-state index is 0.0438. The molecule has 8 heteroatoms. The first-order valence-electron chi connectivity index (χ1n) is 10.7. The second kappa shape index (κ2) is 9.38. The molecule has 2 aromatic carbocycles. The molecule has 0 spiro atoms. The van der Waals surface area contributed by atoms with Gasteiger partial charge in [0.1, 0.15) is 11.8 Å². The molecule has 2 aromatic rings. The van der Waals surface area contributed by atoms with Crippen LogP contribution < -0.4 is 10.1 Å². The lowest BCUT2D eigenvalue weighted by atomic mass is 10.2. The maximum atomic E-state index is 13.1. The normalized spacial score (nSPS) is 22.5. The molecule has 1 N–H and O–H groups in total. The summed E-state index contributed by atoms with van der Waals surface area (Å²) in [6, 6.07) is 16.0. The molecule has 0 aromatic heterocycles. The number of carbonyl (C=O) groups excluding carboxylic acids is 1. The van der Waals surface area contributed by atoms with Gasteiger partial charge in [0.25, 0.3) is 0 Å². The van der Waals surface area contributed by atoms with Crippen molar-refractivity contribution in [2.75, 3.05) is 26.7 Å². The zero-order chi connectivity index (χ0) is 21.8. The van der Waals surface area contributed by atoms with Gasteiger partial charge in [-0.25, -0.2) is 8.42 Å². The van der Waals surface area contributed by atoms with Gasteiger partial charge in [0.05, 0.1) is 12.0 Å². The van der Waals surface area contributed by atoms with Gasteiger partial charge in [0.15, 0.2) is 0 Å². The number of methoxy groups -OCH3 is 1. The van der Waals surface area contributed by atoms with Crippen LogP contribution in [-0.4, -0.2) is 62.4 Å². The van der Waals surface area contributed by atoms with Crippen molar-refractivity contribution in [3.63, 3.8) is 0 Å². The molecule has 2 fully saturated rings. The summed E-state index contributed by atoms with van der Waals surface area (Å²) in [7, 11) is -2.20. The molecule has 2 heterocycles. The number of nitrogens with one attached hydrogen (secondary N) is 1. The number of hydrogen-bond acceptors (Lipinski definition) is 5. The van der Waals surface area contributed by atoms with Gasteiger partial charge in [-0.3, -0.25) is 9.69 Å². The van der Waals surface area contributed by atoms with Gasteiger partial charge < -0.3 is 10.1 Å². The summed E-state index contributed by atoms with van der Waals surface area (Å²) in [6.45, 7) is 2.91. The molecule has 4 rings (SSSR count). The van der Waals surface area contributed by atoms with Gasteiger partial charge in [-0.1, -0.05) is 30.3 Å². The highest BCUT2D eigenvalue weighted by atomic mass is 32.2. The molecule has 2 atom stereocenters. The Morgan fingerprint density at radius 3 is 2.52 bits per heavy atom. The summed E-state index contributed by atoms with van der Waals surface area (Å²) in [4.78, 5) is 15.5. The van der Waals surface area contributed by atoms with Crippen molar-refractivity contribution in [1.82, 2.24) is 14.5 Å². The number of amides is 1. The van der Waals surface area contributed by atoms with E-state index in [4.69, 9.17) is 4.74 Å². The van der Waals surface area contributed by atoms with Crippen molar-refractivity contribution in [1.29, 1.82) is 0 Å². The standard InChI is InChI=1S/C23H29N3O4S/c1-30-20-9-11-21(12-10-20)31(28,29)26-14-5-8-22(26)23(27)24-19-13-15-25(17-19)16-18-6-3-2-4-7-18/h2-4,6-7,9-12,19,22H,5,8,13-17H2,1H3,(H,24,27). The highest BCUT2D eigenvalue weighted by molar-refractivity contribution is 7.89. The molecular weight excluding hydrogens is 414 g/mol. The van der Waals surface area contributed by atoms with E-state index in [0.29, 0.717) is 25.1 Å². The Balaban J connectivity index is 1.37. The molecule has 31 heavy (non-hydrogen) atoms. The number of ether oxygens (including phenoxy) is 1. The Morgan fingerprint density at radius 1 is 1.06 bits per heavy atom. The van der Waals surface area contributed by atoms with Gasteiger partial charge in [-0.2, -0.15) is 4.31 Å². The van der Waals surface area contributed by atoms with Crippen LogP contribution in [0.25, 0.3) is 0 Å². The first kappa shape index (κ1) is 21.8. The number of nitrogens with zero attached hydrogens (tertiary/aromatic N) is 2. The zero-order valence-corrected chi connectivity index (χ0v) is 18.6. The van der Waals surface area contributed by atoms with Crippen LogP contribution in [-0.2, 0) is 21.4 Å². The summed E-state index contributed by atoms with van der Waals surface area (Å²) in [6.07, 6.45) is 2.09. The molecule has 2 aliphatic heterocycles. The lowest BCUT2D eigenvalue weighted by Gasteiger charge is -2.25. The van der Waals surface area contributed by atoms with E-state index in [0.717, 1.165) is 26.1 Å². The number of hydrogen-bond donors (Lipinski definition) is 1. The molecule has 0 saturated carbocycles. The van der Waals surface area contributed by atoms with Gasteiger partial charge in [0, 0.05) is 32.2 Å². The summed E-state index contributed by atoms with van der Waals surface area (Å²) in [5, 5.41) is 3.10. The zero-order valence-electron chi connectivity index (χ0n) is 17.7. The van der Waals surface area contributed by atoms with Crippen molar-refractivity contribution in [2.24, 2.45) is 0 Å². The third kappa shape index (κ3) is 4.92. The number of benzene rings is 2. The Morgan fingerprint density at radius 2 is 1.81 bits per heavy atom. The van der Waals surface area contributed by atoms with Crippen LogP contribution >= 0.6 is 0 Å². The van der Waals surface area contributed by atoms with Gasteiger partial charge >= 0.3 is 0 Å². The topological polar surface area (TPSA) is 79.0 Å². The molecule has 0 radical (unpaired) electrons. The van der Waals surface area contributed by atoms with Crippen molar-refractivity contribution in [2.45, 2.75) is 42.8 Å². The number of rotatable bonds is 7. The van der Waals surface area contributed by atoms with E-state index >= 15 is 0 Å². The van der Waals surface area contributed by atoms with Crippen LogP contribution in [0.4, 0.5) is 0 Å². The third-order valence-corrected chi connectivity index (χ3v) is 7.96. The average molecular weight is 444 g/mol. The van der Waals surface area contributed by atoms with Crippen LogP contribution in [0.5, 0.6) is 5.75 Å². The predicted molar refractivity (Wildman–Crippen MR) is 118 cm³/mol. The van der Waals surface area contributed by atoms with Gasteiger partial charge in [0.2, 0.25) is 15.9 Å². The third-order valence-electron chi connectivity index (χ3n) is 6.04. The number of likely N-dealkylation sites (tertiary alicyclic amines) is 1. The fourth-order valence-corrected chi connectivity index (χ4v) is 6.06. The SMILES string of the molecule is COc1ccc(S(=O)(=O)N2CCCC2C(=O)NC2CCN(Cc3ccccc3)C2)cc1. The molecule has 2 unspecified atom stereocenters. The van der Waals surface area contributed by atoms with E-state index in [2.05, 4.69) is 22.3 Å². The Bertz CT molecular complexity index is 995. The maximum absolute atomic E-state index is 13.1. The summed E-state index contributed by atoms with van der Waals surface area (Å²) in [5.41, 5.74) is 1.25. The van der Waals surface area contributed by atoms with Gasteiger partial charge in [-0.15, -0.1) is 0 Å². The fraction of sp³-hybridized carbons (Fsp3) is 0.435. The van der Waals surface area contributed by atoms with E-state index in [1.54, 1.807) is 12.1 Å². The second-order valence-electron chi connectivity index (χ2n) is 8.16. The van der Waals surface area contributed by atoms with E-state index in [1.807, 2.05) is 18.2 Å². The van der Waals surface area contributed by atoms with Crippen LogP contribution in [0, 0.1) is 0 Å². The predicted octanol–water partition coefficient (Wildman–Crippen LogP) is 2.24. The highest BCUT2D eigenvalue weighted by Crippen LogP contribution is 2.27. The molecular formula is C23H29N3O4S. The van der Waals surface area contributed by atoms with Crippen molar-refractivity contribution in [3.8, 4) is 5.75 Å². The summed E-state index contributed by atoms with van der Waals surface area (Å²) >= 11 is 0. The minimum atomic E-state index is -3.74. The average Bonchev–Trinajstić information content (AvgIpc) is 3.45. The Kier molecular flexibility index (Phi) is 6.60. The smallest absolute Gasteiger partial charge is 0.243 e. The molecule has 0 bridgehead atoms. The largest absolute Gasteiger partial charge is 0.497 e. The second-order valence-corrected chi connectivity index (χ2v) is 10.1. The monoisotopic (exact) mass is 443 g/mol. The van der Waals surface area contributed by atoms with Crippen LogP contribution in [0.3, 0.4) is 0 Å². The number of sulfonamides is 1. The maximum Gasteiger partial charge on any atom is 0.243 e. The lowest BCUT2D eigenvalue weighted by Crippen LogP contribution is -2.49. The van der Waals surface area contributed by atoms with E-state index in [9.17, 15) is 13.2 Å².